The van der Waals surface area contributed by atoms with Gasteiger partial charge in [-0.2, -0.15) is 5.10 Å². The smallest absolute Gasteiger partial charge is 0.335 e. The fourth-order valence-corrected chi connectivity index (χ4v) is 2.75. The van der Waals surface area contributed by atoms with Crippen LogP contribution in [0.4, 0.5) is 0 Å². The zero-order chi connectivity index (χ0) is 20.6. The van der Waals surface area contributed by atoms with Crippen molar-refractivity contribution < 1.29 is 19.4 Å². The number of carbonyl (C=O) groups excluding carboxylic acids is 1. The van der Waals surface area contributed by atoms with Gasteiger partial charge in [-0.25, -0.2) is 10.2 Å². The zero-order valence-corrected chi connectivity index (χ0v) is 17.4. The molecule has 0 bridgehead atoms. The van der Waals surface area contributed by atoms with Crippen molar-refractivity contribution in [1.82, 2.24) is 5.43 Å². The van der Waals surface area contributed by atoms with E-state index in [4.69, 9.17) is 9.84 Å². The van der Waals surface area contributed by atoms with Gasteiger partial charge in [0.15, 0.2) is 0 Å². The molecule has 3 rings (SSSR count). The minimum Gasteiger partial charge on any atom is -0.489 e. The summed E-state index contributed by atoms with van der Waals surface area (Å²) in [6.07, 6.45) is 1.55. The second kappa shape index (κ2) is 9.83. The van der Waals surface area contributed by atoms with Crippen LogP contribution in [0.2, 0.25) is 0 Å². The molecule has 29 heavy (non-hydrogen) atoms. The van der Waals surface area contributed by atoms with Gasteiger partial charge in [0.25, 0.3) is 5.91 Å². The number of amides is 1. The maximum atomic E-state index is 12.0. The molecule has 0 saturated carbocycles. The first-order valence-corrected chi connectivity index (χ1v) is 9.73. The van der Waals surface area contributed by atoms with E-state index < -0.39 is 5.97 Å². The molecule has 0 aromatic heterocycles. The Morgan fingerprint density at radius 1 is 0.931 bits per heavy atom. The Hall–Kier alpha value is -3.20. The fraction of sp³-hybridized carbons (Fsp3) is 0.0455. The van der Waals surface area contributed by atoms with Crippen molar-refractivity contribution in [2.24, 2.45) is 5.10 Å². The summed E-state index contributed by atoms with van der Waals surface area (Å²) in [5.41, 5.74) is 4.97. The van der Waals surface area contributed by atoms with Crippen molar-refractivity contribution in [2.45, 2.75) is 6.61 Å². The van der Waals surface area contributed by atoms with E-state index in [1.807, 2.05) is 24.3 Å². The molecule has 0 saturated heterocycles. The van der Waals surface area contributed by atoms with Crippen LogP contribution < -0.4 is 10.2 Å². The van der Waals surface area contributed by atoms with E-state index in [1.165, 1.54) is 0 Å². The normalized spacial score (nSPS) is 10.7. The molecule has 7 heteroatoms. The van der Waals surface area contributed by atoms with E-state index in [0.29, 0.717) is 17.9 Å². The van der Waals surface area contributed by atoms with Crippen LogP contribution in [0.5, 0.6) is 5.75 Å². The summed E-state index contributed by atoms with van der Waals surface area (Å²) in [5, 5.41) is 12.9. The Balaban J connectivity index is 1.50. The maximum absolute atomic E-state index is 12.0. The fourth-order valence-electron chi connectivity index (χ4n) is 2.39. The van der Waals surface area contributed by atoms with Crippen molar-refractivity contribution in [3.05, 3.63) is 98.6 Å². The molecule has 0 radical (unpaired) electrons. The number of carboxylic acids is 1. The van der Waals surface area contributed by atoms with Gasteiger partial charge in [0.1, 0.15) is 12.4 Å². The summed E-state index contributed by atoms with van der Waals surface area (Å²) in [7, 11) is 0. The molecule has 0 atom stereocenters. The lowest BCUT2D eigenvalue weighted by atomic mass is 10.1. The molecule has 0 aliphatic carbocycles. The van der Waals surface area contributed by atoms with E-state index in [9.17, 15) is 9.59 Å². The summed E-state index contributed by atoms with van der Waals surface area (Å²) in [5.74, 6) is -0.552. The first kappa shape index (κ1) is 20.5. The highest BCUT2D eigenvalue weighted by Crippen LogP contribution is 2.14. The number of hydrogen-bond donors (Lipinski definition) is 2. The largest absolute Gasteiger partial charge is 0.489 e. The van der Waals surface area contributed by atoms with Crippen LogP contribution in [0.25, 0.3) is 0 Å². The lowest BCUT2D eigenvalue weighted by molar-refractivity contribution is 0.0696. The average molecular weight is 500 g/mol. The monoisotopic (exact) mass is 500 g/mol. The van der Waals surface area contributed by atoms with E-state index in [1.54, 1.807) is 54.7 Å². The molecule has 0 unspecified atom stereocenters. The number of nitrogens with zero attached hydrogens (tertiary/aromatic N) is 1. The minimum atomic E-state index is -0.954. The Bertz CT molecular complexity index is 1010. The van der Waals surface area contributed by atoms with Crippen molar-refractivity contribution in [2.75, 3.05) is 0 Å². The molecule has 0 heterocycles. The zero-order valence-electron chi connectivity index (χ0n) is 15.2. The van der Waals surface area contributed by atoms with Crippen molar-refractivity contribution in [3.8, 4) is 5.75 Å². The van der Waals surface area contributed by atoms with Gasteiger partial charge in [-0.15, -0.1) is 0 Å². The SMILES string of the molecule is O=C(O)c1ccc(COc2ccc(/C=N\NC(=O)c3ccc(I)cc3)cc2)cc1. The number of nitrogens with one attached hydrogen (secondary N) is 1. The quantitative estimate of drug-likeness (QED) is 0.287. The third kappa shape index (κ3) is 6.15. The van der Waals surface area contributed by atoms with Crippen LogP contribution in [-0.4, -0.2) is 23.2 Å². The van der Waals surface area contributed by atoms with Crippen LogP contribution in [0.15, 0.2) is 77.9 Å². The Kier molecular flexibility index (Phi) is 6.96. The molecule has 0 aliphatic heterocycles. The molecule has 0 aliphatic rings. The molecule has 6 nitrogen and oxygen atoms in total. The molecular weight excluding hydrogens is 483 g/mol. The predicted molar refractivity (Wildman–Crippen MR) is 118 cm³/mol. The molecule has 3 aromatic rings. The lowest BCUT2D eigenvalue weighted by Crippen LogP contribution is -2.17. The average Bonchev–Trinajstić information content (AvgIpc) is 2.74. The van der Waals surface area contributed by atoms with E-state index in [-0.39, 0.29) is 11.5 Å². The van der Waals surface area contributed by atoms with Gasteiger partial charge in [0, 0.05) is 9.13 Å². The highest BCUT2D eigenvalue weighted by Gasteiger charge is 2.04. The van der Waals surface area contributed by atoms with Gasteiger partial charge >= 0.3 is 5.97 Å². The van der Waals surface area contributed by atoms with Gasteiger partial charge in [-0.1, -0.05) is 12.1 Å². The van der Waals surface area contributed by atoms with Crippen LogP contribution in [-0.2, 0) is 6.61 Å². The molecule has 3 aromatic carbocycles. The molecule has 0 fully saturated rings. The van der Waals surface area contributed by atoms with E-state index >= 15 is 0 Å². The lowest BCUT2D eigenvalue weighted by Gasteiger charge is -2.07. The number of ether oxygens (including phenoxy) is 1. The second-order valence-electron chi connectivity index (χ2n) is 6.07. The first-order chi connectivity index (χ1) is 14.0. The van der Waals surface area contributed by atoms with Crippen LogP contribution in [0.1, 0.15) is 31.8 Å². The van der Waals surface area contributed by atoms with Gasteiger partial charge < -0.3 is 9.84 Å². The molecular formula is C22H17IN2O4. The number of halogens is 1. The Morgan fingerprint density at radius 3 is 2.17 bits per heavy atom. The minimum absolute atomic E-state index is 0.242. The highest BCUT2D eigenvalue weighted by atomic mass is 127. The summed E-state index contributed by atoms with van der Waals surface area (Å²) < 4.78 is 6.75. The summed E-state index contributed by atoms with van der Waals surface area (Å²) >= 11 is 2.18. The topological polar surface area (TPSA) is 88.0 Å². The molecule has 0 spiro atoms. The number of hydrogen-bond acceptors (Lipinski definition) is 4. The number of carbonyl (C=O) groups is 2. The molecule has 2 N–H and O–H groups in total. The van der Waals surface area contributed by atoms with Gasteiger partial charge in [0.2, 0.25) is 0 Å². The van der Waals surface area contributed by atoms with Gasteiger partial charge in [0.05, 0.1) is 11.8 Å². The summed E-state index contributed by atoms with van der Waals surface area (Å²) in [6, 6.07) is 21.0. The Morgan fingerprint density at radius 2 is 1.55 bits per heavy atom. The third-order valence-corrected chi connectivity index (χ3v) is 4.69. The van der Waals surface area contributed by atoms with Crippen LogP contribution in [0, 0.1) is 3.57 Å². The number of aromatic carboxylic acids is 1. The molecule has 146 valence electrons. The summed E-state index contributed by atoms with van der Waals surface area (Å²) in [4.78, 5) is 22.9. The summed E-state index contributed by atoms with van der Waals surface area (Å²) in [6.45, 7) is 0.333. The number of benzene rings is 3. The highest BCUT2D eigenvalue weighted by molar-refractivity contribution is 14.1. The van der Waals surface area contributed by atoms with Crippen molar-refractivity contribution in [1.29, 1.82) is 0 Å². The Labute approximate surface area is 181 Å². The number of carboxylic acid groups (broad SMARTS) is 1. The van der Waals surface area contributed by atoms with Gasteiger partial charge in [-0.05, 0) is 94.4 Å². The van der Waals surface area contributed by atoms with Gasteiger partial charge in [-0.3, -0.25) is 4.79 Å². The molecule has 1 amide bonds. The van der Waals surface area contributed by atoms with E-state index in [2.05, 4.69) is 33.1 Å². The number of hydrazone groups is 1. The van der Waals surface area contributed by atoms with Crippen LogP contribution in [0.3, 0.4) is 0 Å². The first-order valence-electron chi connectivity index (χ1n) is 8.65. The third-order valence-electron chi connectivity index (χ3n) is 3.97. The second-order valence-corrected chi connectivity index (χ2v) is 7.31. The van der Waals surface area contributed by atoms with Crippen molar-refractivity contribution in [3.63, 3.8) is 0 Å². The van der Waals surface area contributed by atoms with E-state index in [0.717, 1.165) is 14.7 Å². The maximum Gasteiger partial charge on any atom is 0.335 e. The van der Waals surface area contributed by atoms with Crippen LogP contribution >= 0.6 is 22.6 Å². The number of rotatable bonds is 7. The standard InChI is InChI=1S/C22H17IN2O4/c23-19-9-7-17(8-10-19)21(26)25-24-13-15-3-11-20(12-4-15)29-14-16-1-5-18(6-2-16)22(27)28/h1-13H,14H2,(H,25,26)(H,27,28)/b24-13-. The van der Waals surface area contributed by atoms with Crippen molar-refractivity contribution >= 4 is 40.7 Å². The predicted octanol–water partition coefficient (Wildman–Crippen LogP) is 4.33.